The maximum atomic E-state index is 11.7. The molecule has 0 N–H and O–H groups in total. The molecular formula is C12H20ClNO3. The largest absolute Gasteiger partial charge is 0.367 e. The second kappa shape index (κ2) is 5.36. The average Bonchev–Trinajstić information content (AvgIpc) is 2.29. The first-order valence-electron chi connectivity index (χ1n) is 5.83. The molecule has 0 amide bonds. The van der Waals surface area contributed by atoms with Crippen molar-refractivity contribution in [2.24, 2.45) is 10.8 Å². The summed E-state index contributed by atoms with van der Waals surface area (Å²) in [4.78, 5) is 27.9. The van der Waals surface area contributed by atoms with Crippen LogP contribution in [0.25, 0.3) is 0 Å². The zero-order valence-electron chi connectivity index (χ0n) is 10.7. The lowest BCUT2D eigenvalue weighted by Gasteiger charge is -2.36. The molecule has 0 aromatic carbocycles. The lowest BCUT2D eigenvalue weighted by atomic mass is 9.82. The van der Waals surface area contributed by atoms with E-state index in [-0.39, 0.29) is 5.97 Å². The van der Waals surface area contributed by atoms with E-state index < -0.39 is 10.8 Å². The Balaban J connectivity index is 2.48. The quantitative estimate of drug-likeness (QED) is 0.576. The summed E-state index contributed by atoms with van der Waals surface area (Å²) in [6.07, 6.45) is 2.21. The Bertz CT molecular complexity index is 291. The third kappa shape index (κ3) is 3.68. The highest BCUT2D eigenvalue weighted by molar-refractivity contribution is 6.19. The fourth-order valence-electron chi connectivity index (χ4n) is 1.56. The molecule has 1 aliphatic rings. The topological polar surface area (TPSA) is 46.6 Å². The number of hydroxylamine groups is 2. The van der Waals surface area contributed by atoms with Gasteiger partial charge in [0.15, 0.2) is 0 Å². The van der Waals surface area contributed by atoms with Gasteiger partial charge in [-0.2, -0.15) is 0 Å². The maximum Gasteiger partial charge on any atom is 0.330 e. The van der Waals surface area contributed by atoms with Gasteiger partial charge >= 0.3 is 5.97 Å². The number of hydrogen-bond donors (Lipinski definition) is 0. The fraction of sp³-hybridized carbons (Fsp3) is 0.833. The summed E-state index contributed by atoms with van der Waals surface area (Å²) >= 11 is 5.81. The lowest BCUT2D eigenvalue weighted by molar-refractivity contribution is -0.208. The van der Waals surface area contributed by atoms with E-state index in [1.54, 1.807) is 5.06 Å². The third-order valence-electron chi connectivity index (χ3n) is 3.06. The molecule has 0 aromatic heterocycles. The summed E-state index contributed by atoms with van der Waals surface area (Å²) in [5.41, 5.74) is -0.947. The minimum atomic E-state index is -0.508. The second-order valence-electron chi connectivity index (χ2n) is 5.67. The van der Waals surface area contributed by atoms with Gasteiger partial charge in [-0.05, 0) is 33.6 Å². The molecule has 0 radical (unpaired) electrons. The Labute approximate surface area is 107 Å². The van der Waals surface area contributed by atoms with Crippen molar-refractivity contribution in [1.82, 2.24) is 5.06 Å². The number of piperidine rings is 1. The van der Waals surface area contributed by atoms with Crippen LogP contribution >= 0.6 is 11.6 Å². The Kier molecular flexibility index (Phi) is 4.55. The first-order valence-corrected chi connectivity index (χ1v) is 6.36. The molecule has 0 saturated carbocycles. The molecule has 98 valence electrons. The number of carbonyl (C=O) groups is 2. The first-order chi connectivity index (χ1) is 7.83. The van der Waals surface area contributed by atoms with Gasteiger partial charge in [0, 0.05) is 24.4 Å². The minimum absolute atomic E-state index is 0.248. The van der Waals surface area contributed by atoms with Crippen LogP contribution in [-0.2, 0) is 14.4 Å². The summed E-state index contributed by atoms with van der Waals surface area (Å²) < 4.78 is 0. The van der Waals surface area contributed by atoms with Gasteiger partial charge in [-0.3, -0.25) is 0 Å². The van der Waals surface area contributed by atoms with E-state index >= 15 is 0 Å². The number of aldehydes is 1. The van der Waals surface area contributed by atoms with Crippen molar-refractivity contribution in [2.45, 2.75) is 33.6 Å². The normalized spacial score (nSPS) is 20.9. The van der Waals surface area contributed by atoms with Gasteiger partial charge in [-0.15, -0.1) is 16.7 Å². The van der Waals surface area contributed by atoms with Crippen LogP contribution in [0.4, 0.5) is 0 Å². The summed E-state index contributed by atoms with van der Waals surface area (Å²) in [5.74, 6) is 0.0827. The van der Waals surface area contributed by atoms with Crippen LogP contribution in [0.5, 0.6) is 0 Å². The standard InChI is InChI=1S/C12H20ClNO3/c1-11(2,3)10(16)17-14-6-4-12(8-13,9-15)5-7-14/h9H,4-8H2,1-3H3. The molecule has 1 heterocycles. The van der Waals surface area contributed by atoms with Crippen LogP contribution in [0.3, 0.4) is 0 Å². The van der Waals surface area contributed by atoms with Crippen molar-refractivity contribution < 1.29 is 14.4 Å². The molecular weight excluding hydrogens is 242 g/mol. The van der Waals surface area contributed by atoms with Crippen LogP contribution < -0.4 is 0 Å². The van der Waals surface area contributed by atoms with E-state index in [1.807, 2.05) is 20.8 Å². The van der Waals surface area contributed by atoms with Crippen molar-refractivity contribution in [3.05, 3.63) is 0 Å². The van der Waals surface area contributed by atoms with Gasteiger partial charge in [-0.1, -0.05) is 0 Å². The maximum absolute atomic E-state index is 11.7. The Hall–Kier alpha value is -0.610. The van der Waals surface area contributed by atoms with Crippen molar-refractivity contribution in [1.29, 1.82) is 0 Å². The van der Waals surface area contributed by atoms with Gasteiger partial charge in [0.05, 0.1) is 5.41 Å². The molecule has 0 spiro atoms. The van der Waals surface area contributed by atoms with Crippen molar-refractivity contribution >= 4 is 23.9 Å². The van der Waals surface area contributed by atoms with E-state index in [4.69, 9.17) is 16.4 Å². The van der Waals surface area contributed by atoms with Crippen molar-refractivity contribution in [3.63, 3.8) is 0 Å². The zero-order valence-corrected chi connectivity index (χ0v) is 11.4. The highest BCUT2D eigenvalue weighted by Gasteiger charge is 2.36. The molecule has 4 nitrogen and oxygen atoms in total. The molecule has 1 aliphatic heterocycles. The van der Waals surface area contributed by atoms with Crippen molar-refractivity contribution in [2.75, 3.05) is 19.0 Å². The molecule has 1 rings (SSSR count). The third-order valence-corrected chi connectivity index (χ3v) is 3.59. The number of rotatable bonds is 3. The molecule has 5 heteroatoms. The van der Waals surface area contributed by atoms with Gasteiger partial charge in [-0.25, -0.2) is 4.79 Å². The first kappa shape index (κ1) is 14.5. The number of alkyl halides is 1. The predicted molar refractivity (Wildman–Crippen MR) is 65.6 cm³/mol. The molecule has 0 bridgehead atoms. The van der Waals surface area contributed by atoms with E-state index in [0.29, 0.717) is 31.8 Å². The SMILES string of the molecule is CC(C)(C)C(=O)ON1CCC(C=O)(CCl)CC1. The molecule has 17 heavy (non-hydrogen) atoms. The highest BCUT2D eigenvalue weighted by Crippen LogP contribution is 2.31. The van der Waals surface area contributed by atoms with E-state index in [1.165, 1.54) is 0 Å². The van der Waals surface area contributed by atoms with Gasteiger partial charge < -0.3 is 9.63 Å². The van der Waals surface area contributed by atoms with Crippen LogP contribution in [0.1, 0.15) is 33.6 Å². The average molecular weight is 262 g/mol. The highest BCUT2D eigenvalue weighted by atomic mass is 35.5. The summed E-state index contributed by atoms with van der Waals surface area (Å²) in [5, 5.41) is 1.63. The van der Waals surface area contributed by atoms with Crippen LogP contribution in [0.2, 0.25) is 0 Å². The van der Waals surface area contributed by atoms with Crippen LogP contribution in [0, 0.1) is 10.8 Å². The van der Waals surface area contributed by atoms with Gasteiger partial charge in [0.2, 0.25) is 0 Å². The summed E-state index contributed by atoms with van der Waals surface area (Å²) in [6.45, 7) is 6.57. The van der Waals surface area contributed by atoms with E-state index in [0.717, 1.165) is 6.29 Å². The number of halogens is 1. The molecule has 0 atom stereocenters. The number of nitrogens with zero attached hydrogens (tertiary/aromatic N) is 1. The number of carbonyl (C=O) groups excluding carboxylic acids is 2. The summed E-state index contributed by atoms with van der Waals surface area (Å²) in [7, 11) is 0. The predicted octanol–water partition coefficient (Wildman–Crippen LogP) is 2.01. The Morgan fingerprint density at radius 2 is 1.94 bits per heavy atom. The van der Waals surface area contributed by atoms with Crippen molar-refractivity contribution in [3.8, 4) is 0 Å². The van der Waals surface area contributed by atoms with Gasteiger partial charge in [0.1, 0.15) is 6.29 Å². The lowest BCUT2D eigenvalue weighted by Crippen LogP contribution is -2.44. The molecule has 0 aromatic rings. The minimum Gasteiger partial charge on any atom is -0.367 e. The van der Waals surface area contributed by atoms with E-state index in [2.05, 4.69) is 0 Å². The molecule has 0 unspecified atom stereocenters. The smallest absolute Gasteiger partial charge is 0.330 e. The van der Waals surface area contributed by atoms with Gasteiger partial charge in [0.25, 0.3) is 0 Å². The van der Waals surface area contributed by atoms with Crippen LogP contribution in [0.15, 0.2) is 0 Å². The molecule has 1 saturated heterocycles. The summed E-state index contributed by atoms with van der Waals surface area (Å²) in [6, 6.07) is 0. The number of hydrogen-bond acceptors (Lipinski definition) is 4. The monoisotopic (exact) mass is 261 g/mol. The zero-order chi connectivity index (χ0) is 13.1. The molecule has 1 fully saturated rings. The van der Waals surface area contributed by atoms with E-state index in [9.17, 15) is 9.59 Å². The Morgan fingerprint density at radius 3 is 2.29 bits per heavy atom. The second-order valence-corrected chi connectivity index (χ2v) is 5.94. The fourth-order valence-corrected chi connectivity index (χ4v) is 1.89. The van der Waals surface area contributed by atoms with Crippen LogP contribution in [-0.4, -0.2) is 36.3 Å². The molecule has 0 aliphatic carbocycles. The Morgan fingerprint density at radius 1 is 1.41 bits per heavy atom.